The van der Waals surface area contributed by atoms with E-state index < -0.39 is 0 Å². The summed E-state index contributed by atoms with van der Waals surface area (Å²) in [5.41, 5.74) is 7.74. The molecule has 1 aliphatic rings. The first kappa shape index (κ1) is 12.3. The lowest BCUT2D eigenvalue weighted by atomic mass is 9.95. The van der Waals surface area contributed by atoms with Crippen molar-refractivity contribution in [2.45, 2.75) is 19.4 Å². The Kier molecular flexibility index (Phi) is 3.64. The highest BCUT2D eigenvalue weighted by Crippen LogP contribution is 2.26. The summed E-state index contributed by atoms with van der Waals surface area (Å²) in [4.78, 5) is 2.69. The van der Waals surface area contributed by atoms with Gasteiger partial charge in [-0.2, -0.15) is 0 Å². The van der Waals surface area contributed by atoms with Gasteiger partial charge in [-0.3, -0.25) is 0 Å². The normalized spacial score (nSPS) is 24.7. The van der Waals surface area contributed by atoms with Crippen LogP contribution < -0.4 is 10.6 Å². The maximum atomic E-state index is 9.74. The maximum Gasteiger partial charge on any atom is 0.106 e. The summed E-state index contributed by atoms with van der Waals surface area (Å²) >= 11 is 5.07. The molecule has 1 aromatic rings. The predicted molar refractivity (Wildman–Crippen MR) is 74.3 cm³/mol. The number of nitrogens with two attached hydrogens (primary N) is 1. The van der Waals surface area contributed by atoms with Gasteiger partial charge in [-0.25, -0.2) is 0 Å². The molecule has 3 N–H and O–H groups in total. The zero-order chi connectivity index (χ0) is 12.4. The Balaban J connectivity index is 2.25. The molecular formula is C13H18N2OS. The van der Waals surface area contributed by atoms with Crippen LogP contribution in [-0.4, -0.2) is 29.3 Å². The smallest absolute Gasteiger partial charge is 0.106 e. The van der Waals surface area contributed by atoms with Crippen LogP contribution in [0.4, 0.5) is 5.69 Å². The van der Waals surface area contributed by atoms with Crippen LogP contribution in [0.1, 0.15) is 18.9 Å². The van der Waals surface area contributed by atoms with Crippen LogP contribution in [0.15, 0.2) is 24.3 Å². The van der Waals surface area contributed by atoms with Crippen molar-refractivity contribution in [3.05, 3.63) is 29.8 Å². The molecule has 0 aromatic heterocycles. The molecule has 1 heterocycles. The number of thiocarbonyl (C=S) groups is 1. The summed E-state index contributed by atoms with van der Waals surface area (Å²) in [6.45, 7) is 3.77. The van der Waals surface area contributed by atoms with Gasteiger partial charge in [-0.15, -0.1) is 0 Å². The van der Waals surface area contributed by atoms with Gasteiger partial charge in [-0.05, 0) is 24.5 Å². The van der Waals surface area contributed by atoms with Gasteiger partial charge in [0.05, 0.1) is 6.10 Å². The third-order valence-electron chi connectivity index (χ3n) is 3.37. The second-order valence-electron chi connectivity index (χ2n) is 4.66. The SMILES string of the molecule is CC1CN(c2ccccc2C(N)=S)CCC1O. The van der Waals surface area contributed by atoms with Gasteiger partial charge >= 0.3 is 0 Å². The van der Waals surface area contributed by atoms with Crippen LogP contribution in [-0.2, 0) is 0 Å². The molecule has 1 aromatic carbocycles. The first-order valence-corrected chi connectivity index (χ1v) is 6.32. The lowest BCUT2D eigenvalue weighted by Crippen LogP contribution is -2.42. The number of benzene rings is 1. The van der Waals surface area contributed by atoms with Crippen molar-refractivity contribution in [2.75, 3.05) is 18.0 Å². The molecule has 92 valence electrons. The number of para-hydroxylation sites is 1. The van der Waals surface area contributed by atoms with E-state index in [-0.39, 0.29) is 12.0 Å². The lowest BCUT2D eigenvalue weighted by Gasteiger charge is -2.36. The van der Waals surface area contributed by atoms with Crippen molar-refractivity contribution in [1.29, 1.82) is 0 Å². The van der Waals surface area contributed by atoms with Crippen molar-refractivity contribution in [3.8, 4) is 0 Å². The van der Waals surface area contributed by atoms with Gasteiger partial charge in [0, 0.05) is 24.3 Å². The molecule has 0 amide bonds. The summed E-state index contributed by atoms with van der Waals surface area (Å²) in [6, 6.07) is 7.93. The Hall–Kier alpha value is -1.13. The van der Waals surface area contributed by atoms with Gasteiger partial charge in [0.1, 0.15) is 4.99 Å². The van der Waals surface area contributed by atoms with Gasteiger partial charge < -0.3 is 15.7 Å². The van der Waals surface area contributed by atoms with Gasteiger partial charge in [0.25, 0.3) is 0 Å². The molecular weight excluding hydrogens is 232 g/mol. The Labute approximate surface area is 107 Å². The summed E-state index contributed by atoms with van der Waals surface area (Å²) in [5, 5.41) is 9.74. The molecule has 2 rings (SSSR count). The van der Waals surface area contributed by atoms with Crippen LogP contribution in [0.3, 0.4) is 0 Å². The molecule has 0 bridgehead atoms. The molecule has 4 heteroatoms. The summed E-state index contributed by atoms with van der Waals surface area (Å²) in [5.74, 6) is 0.281. The molecule has 3 nitrogen and oxygen atoms in total. The Morgan fingerprint density at radius 1 is 1.47 bits per heavy atom. The topological polar surface area (TPSA) is 49.5 Å². The molecule has 1 fully saturated rings. The van der Waals surface area contributed by atoms with Gasteiger partial charge in [-0.1, -0.05) is 31.3 Å². The van der Waals surface area contributed by atoms with E-state index in [1.165, 1.54) is 0 Å². The summed E-state index contributed by atoms with van der Waals surface area (Å²) in [7, 11) is 0. The molecule has 1 aliphatic heterocycles. The van der Waals surface area contributed by atoms with Crippen molar-refractivity contribution < 1.29 is 5.11 Å². The molecule has 0 aliphatic carbocycles. The van der Waals surface area contributed by atoms with E-state index in [0.29, 0.717) is 4.99 Å². The zero-order valence-corrected chi connectivity index (χ0v) is 10.8. The summed E-state index contributed by atoms with van der Waals surface area (Å²) < 4.78 is 0. The lowest BCUT2D eigenvalue weighted by molar-refractivity contribution is 0.0971. The fraction of sp³-hybridized carbons (Fsp3) is 0.462. The fourth-order valence-corrected chi connectivity index (χ4v) is 2.48. The van der Waals surface area contributed by atoms with Crippen molar-refractivity contribution >= 4 is 22.9 Å². The number of aliphatic hydroxyl groups excluding tert-OH is 1. The molecule has 1 saturated heterocycles. The molecule has 17 heavy (non-hydrogen) atoms. The van der Waals surface area contributed by atoms with Crippen LogP contribution in [0.25, 0.3) is 0 Å². The Bertz CT molecular complexity index is 422. The zero-order valence-electron chi connectivity index (χ0n) is 9.97. The number of aliphatic hydroxyl groups is 1. The highest BCUT2D eigenvalue weighted by Gasteiger charge is 2.25. The number of anilines is 1. The van der Waals surface area contributed by atoms with Crippen LogP contribution in [0, 0.1) is 5.92 Å². The quantitative estimate of drug-likeness (QED) is 0.782. The third kappa shape index (κ3) is 2.58. The minimum absolute atomic E-state index is 0.191. The minimum Gasteiger partial charge on any atom is -0.393 e. The number of hydrogen-bond donors (Lipinski definition) is 2. The van der Waals surface area contributed by atoms with Gasteiger partial charge in [0.15, 0.2) is 0 Å². The molecule has 0 spiro atoms. The second-order valence-corrected chi connectivity index (χ2v) is 5.10. The van der Waals surface area contributed by atoms with E-state index in [0.717, 1.165) is 30.8 Å². The average molecular weight is 250 g/mol. The number of hydrogen-bond acceptors (Lipinski definition) is 3. The van der Waals surface area contributed by atoms with E-state index >= 15 is 0 Å². The Morgan fingerprint density at radius 3 is 2.82 bits per heavy atom. The highest BCUT2D eigenvalue weighted by atomic mass is 32.1. The molecule has 2 atom stereocenters. The van der Waals surface area contributed by atoms with Crippen LogP contribution >= 0.6 is 12.2 Å². The maximum absolute atomic E-state index is 9.74. The van der Waals surface area contributed by atoms with E-state index in [9.17, 15) is 5.11 Å². The first-order valence-electron chi connectivity index (χ1n) is 5.91. The van der Waals surface area contributed by atoms with Crippen LogP contribution in [0.5, 0.6) is 0 Å². The van der Waals surface area contributed by atoms with E-state index in [2.05, 4.69) is 11.8 Å². The Morgan fingerprint density at radius 2 is 2.18 bits per heavy atom. The van der Waals surface area contributed by atoms with Crippen molar-refractivity contribution in [1.82, 2.24) is 0 Å². The number of rotatable bonds is 2. The first-order chi connectivity index (χ1) is 8.09. The third-order valence-corrected chi connectivity index (χ3v) is 3.59. The molecule has 2 unspecified atom stereocenters. The monoisotopic (exact) mass is 250 g/mol. The van der Waals surface area contributed by atoms with E-state index in [1.807, 2.05) is 24.3 Å². The molecule has 0 saturated carbocycles. The fourth-order valence-electron chi connectivity index (χ4n) is 2.31. The van der Waals surface area contributed by atoms with Crippen molar-refractivity contribution in [2.24, 2.45) is 11.7 Å². The van der Waals surface area contributed by atoms with E-state index in [4.69, 9.17) is 18.0 Å². The summed E-state index contributed by atoms with van der Waals surface area (Å²) in [6.07, 6.45) is 0.607. The predicted octanol–water partition coefficient (Wildman–Crippen LogP) is 1.53. The second kappa shape index (κ2) is 5.02. The largest absolute Gasteiger partial charge is 0.393 e. The number of piperidine rings is 1. The van der Waals surface area contributed by atoms with Crippen molar-refractivity contribution in [3.63, 3.8) is 0 Å². The van der Waals surface area contributed by atoms with E-state index in [1.54, 1.807) is 0 Å². The minimum atomic E-state index is -0.191. The highest BCUT2D eigenvalue weighted by molar-refractivity contribution is 7.80. The number of nitrogens with zero attached hydrogens (tertiary/aromatic N) is 1. The van der Waals surface area contributed by atoms with Crippen LogP contribution in [0.2, 0.25) is 0 Å². The average Bonchev–Trinajstić information content (AvgIpc) is 2.32. The standard InChI is InChI=1S/C13H18N2OS/c1-9-8-15(7-6-12(9)16)11-5-3-2-4-10(11)13(14)17/h2-5,9,12,16H,6-8H2,1H3,(H2,14,17). The van der Waals surface area contributed by atoms with Gasteiger partial charge in [0.2, 0.25) is 0 Å². The molecule has 0 radical (unpaired) electrons.